The summed E-state index contributed by atoms with van der Waals surface area (Å²) in [5.74, 6) is 0. The van der Waals surface area contributed by atoms with Crippen LogP contribution in [-0.4, -0.2) is 15.5 Å². The van der Waals surface area contributed by atoms with Crippen LogP contribution in [0.1, 0.15) is 0 Å². The molecule has 0 nitrogen and oxygen atoms in total. The lowest BCUT2D eigenvalue weighted by molar-refractivity contribution is 1.70. The molecular weight excluding hydrogens is 520 g/mol. The van der Waals surface area contributed by atoms with Crippen LogP contribution in [0.5, 0.6) is 0 Å². The third kappa shape index (κ3) is 4.77. The lowest BCUT2D eigenvalue weighted by Crippen LogP contribution is -2.73. The summed E-state index contributed by atoms with van der Waals surface area (Å²) in [4.78, 5) is 0. The maximum atomic E-state index is 2.37. The maximum Gasteiger partial charge on any atom is 0.175 e. The maximum absolute atomic E-state index is 2.57. The van der Waals surface area contributed by atoms with Crippen LogP contribution in [0.4, 0.5) is 0 Å². The summed E-state index contributed by atoms with van der Waals surface area (Å²) >= 11 is 0. The van der Waals surface area contributed by atoms with E-state index in [4.69, 9.17) is 0 Å². The van der Waals surface area contributed by atoms with Crippen molar-refractivity contribution in [3.05, 3.63) is 182 Å². The normalized spacial score (nSPS) is 11.7. The smallest absolute Gasteiger partial charge is 0.0819 e. The summed E-state index contributed by atoms with van der Waals surface area (Å²) in [7, 11) is -3.66. The van der Waals surface area contributed by atoms with Gasteiger partial charge in [0.1, 0.15) is 0 Å². The Hall–Kier alpha value is -3.82. The Morgan fingerprint density at radius 1 is 0.231 bits per heavy atom. The summed E-state index contributed by atoms with van der Waals surface area (Å²) in [6.45, 7) is 0. The van der Waals surface area contributed by atoms with Gasteiger partial charge in [-0.3, -0.25) is 0 Å². The first-order chi connectivity index (χ1) is 19.3. The molecule has 0 bridgehead atoms. The molecule has 0 aliphatic heterocycles. The highest BCUT2D eigenvalue weighted by Gasteiger charge is 2.51. The van der Waals surface area contributed by atoms with E-state index < -0.39 is 15.5 Å². The molecule has 6 aromatic carbocycles. The lowest BCUT2D eigenvalue weighted by Gasteiger charge is -2.43. The molecule has 0 aliphatic carbocycles. The standard InChI is InChI=1S/C36H30PSi2/c1-7-19-31(20-8-1)38(32-21-9-2-10-22-32,33-23-11-3-12-24-33)37-39(34-25-13-4-14-26-34,35-27-15-5-16-28-35)36-29-17-6-18-30-36/h1-30H. The van der Waals surface area contributed by atoms with E-state index in [0.717, 1.165) is 0 Å². The van der Waals surface area contributed by atoms with E-state index >= 15 is 0 Å². The molecule has 0 amide bonds. The molecule has 0 spiro atoms. The van der Waals surface area contributed by atoms with Gasteiger partial charge in [-0.1, -0.05) is 190 Å². The molecule has 0 aliphatic rings. The summed E-state index contributed by atoms with van der Waals surface area (Å²) in [5.41, 5.74) is 0. The SMILES string of the molecule is c1ccc([Si]([P][Si](c2ccccc2)(c2ccccc2)c2ccccc2)(c2ccccc2)c2ccccc2)cc1. The Kier molecular flexibility index (Phi) is 7.52. The minimum absolute atomic E-state index is 1.45. The first-order valence-electron chi connectivity index (χ1n) is 13.4. The quantitative estimate of drug-likeness (QED) is 0.138. The first-order valence-corrected chi connectivity index (χ1v) is 20.0. The van der Waals surface area contributed by atoms with Gasteiger partial charge in [-0.15, -0.1) is 0 Å². The Balaban J connectivity index is 1.76. The van der Waals surface area contributed by atoms with Gasteiger partial charge in [0.05, 0.1) is 0 Å². The van der Waals surface area contributed by atoms with Crippen LogP contribution >= 0.6 is 7.68 Å². The fraction of sp³-hybridized carbons (Fsp3) is 0. The predicted octanol–water partition coefficient (Wildman–Crippen LogP) is 5.27. The average molecular weight is 550 g/mol. The van der Waals surface area contributed by atoms with Crippen LogP contribution in [-0.2, 0) is 0 Å². The molecule has 0 saturated carbocycles. The largest absolute Gasteiger partial charge is 0.175 e. The van der Waals surface area contributed by atoms with Crippen molar-refractivity contribution in [3.63, 3.8) is 0 Å². The second-order valence-corrected chi connectivity index (χ2v) is 23.0. The van der Waals surface area contributed by atoms with Crippen LogP contribution in [0, 0.1) is 0 Å². The third-order valence-corrected chi connectivity index (χ3v) is 27.9. The van der Waals surface area contributed by atoms with Gasteiger partial charge < -0.3 is 0 Å². The molecule has 6 rings (SSSR count). The second-order valence-electron chi connectivity index (χ2n) is 9.73. The van der Waals surface area contributed by atoms with Crippen LogP contribution < -0.4 is 31.1 Å². The van der Waals surface area contributed by atoms with Crippen molar-refractivity contribution in [2.45, 2.75) is 0 Å². The van der Waals surface area contributed by atoms with Gasteiger partial charge in [0.2, 0.25) is 0 Å². The highest BCUT2D eigenvalue weighted by Crippen LogP contribution is 2.37. The minimum Gasteiger partial charge on any atom is -0.0819 e. The average Bonchev–Trinajstić information content (AvgIpc) is 3.04. The Labute approximate surface area is 235 Å². The van der Waals surface area contributed by atoms with Crippen molar-refractivity contribution in [3.8, 4) is 0 Å². The zero-order chi connectivity index (χ0) is 26.4. The van der Waals surface area contributed by atoms with Gasteiger partial charge in [0, 0.05) is 0 Å². The van der Waals surface area contributed by atoms with Gasteiger partial charge in [-0.25, -0.2) is 0 Å². The van der Waals surface area contributed by atoms with Gasteiger partial charge in [-0.05, 0) is 31.1 Å². The Bertz CT molecular complexity index is 1270. The fourth-order valence-corrected chi connectivity index (χ4v) is 31.1. The molecule has 0 atom stereocenters. The van der Waals surface area contributed by atoms with Crippen molar-refractivity contribution in [2.24, 2.45) is 0 Å². The zero-order valence-electron chi connectivity index (χ0n) is 21.8. The van der Waals surface area contributed by atoms with Crippen molar-refractivity contribution in [2.75, 3.05) is 0 Å². The van der Waals surface area contributed by atoms with Crippen LogP contribution in [0.2, 0.25) is 0 Å². The first kappa shape index (κ1) is 25.5. The molecule has 6 aromatic rings. The fourth-order valence-electron chi connectivity index (χ4n) is 5.71. The number of hydrogen-bond donors (Lipinski definition) is 0. The zero-order valence-corrected chi connectivity index (χ0v) is 24.7. The summed E-state index contributed by atoms with van der Waals surface area (Å²) in [6, 6.07) is 68.0. The summed E-state index contributed by atoms with van der Waals surface area (Å²) < 4.78 is 0. The van der Waals surface area contributed by atoms with Gasteiger partial charge in [-0.2, -0.15) is 0 Å². The Morgan fingerprint density at radius 3 is 0.538 bits per heavy atom. The van der Waals surface area contributed by atoms with E-state index in [-0.39, 0.29) is 0 Å². The third-order valence-electron chi connectivity index (χ3n) is 7.48. The van der Waals surface area contributed by atoms with E-state index in [9.17, 15) is 0 Å². The van der Waals surface area contributed by atoms with Crippen molar-refractivity contribution in [1.29, 1.82) is 0 Å². The molecular formula is C36H30PSi2. The van der Waals surface area contributed by atoms with E-state index in [0.29, 0.717) is 0 Å². The van der Waals surface area contributed by atoms with Gasteiger partial charge in [0.15, 0.2) is 15.5 Å². The lowest BCUT2D eigenvalue weighted by atomic mass is 10.3. The number of hydrogen-bond acceptors (Lipinski definition) is 0. The van der Waals surface area contributed by atoms with Crippen LogP contribution in [0.25, 0.3) is 0 Å². The molecule has 0 fully saturated rings. The number of rotatable bonds is 8. The Morgan fingerprint density at radius 2 is 0.385 bits per heavy atom. The molecule has 0 unspecified atom stereocenters. The molecule has 39 heavy (non-hydrogen) atoms. The molecule has 3 heteroatoms. The minimum atomic E-state index is -2.57. The van der Waals surface area contributed by atoms with Crippen LogP contribution in [0.15, 0.2) is 182 Å². The summed E-state index contributed by atoms with van der Waals surface area (Å²) in [6.07, 6.45) is 0. The number of benzene rings is 6. The van der Waals surface area contributed by atoms with E-state index in [1.807, 2.05) is 0 Å². The topological polar surface area (TPSA) is 0 Å². The molecule has 187 valence electrons. The second kappa shape index (κ2) is 11.5. The van der Waals surface area contributed by atoms with Crippen molar-refractivity contribution in [1.82, 2.24) is 0 Å². The van der Waals surface area contributed by atoms with E-state index in [2.05, 4.69) is 182 Å². The monoisotopic (exact) mass is 549 g/mol. The molecule has 1 radical (unpaired) electrons. The molecule has 0 heterocycles. The van der Waals surface area contributed by atoms with E-state index in [1.54, 1.807) is 0 Å². The van der Waals surface area contributed by atoms with E-state index in [1.165, 1.54) is 38.8 Å². The highest BCUT2D eigenvalue weighted by atomic mass is 31.6. The molecule has 0 saturated heterocycles. The van der Waals surface area contributed by atoms with Crippen molar-refractivity contribution >= 4 is 54.3 Å². The summed E-state index contributed by atoms with van der Waals surface area (Å²) in [5, 5.41) is 8.69. The molecule has 0 N–H and O–H groups in total. The van der Waals surface area contributed by atoms with Gasteiger partial charge >= 0.3 is 0 Å². The molecule has 0 aromatic heterocycles. The van der Waals surface area contributed by atoms with Crippen molar-refractivity contribution < 1.29 is 0 Å². The highest BCUT2D eigenvalue weighted by molar-refractivity contribution is 8.16. The van der Waals surface area contributed by atoms with Gasteiger partial charge in [0.25, 0.3) is 0 Å². The van der Waals surface area contributed by atoms with Crippen LogP contribution in [0.3, 0.4) is 0 Å². The predicted molar refractivity (Wildman–Crippen MR) is 175 cm³/mol.